The van der Waals surface area contributed by atoms with Crippen LogP contribution >= 0.6 is 0 Å². The van der Waals surface area contributed by atoms with Gasteiger partial charge in [0.25, 0.3) is 0 Å². The van der Waals surface area contributed by atoms with Gasteiger partial charge < -0.3 is 9.88 Å². The first-order valence-electron chi connectivity index (χ1n) is 5.42. The van der Waals surface area contributed by atoms with Crippen molar-refractivity contribution in [2.24, 2.45) is 5.92 Å². The predicted octanol–water partition coefficient (Wildman–Crippen LogP) is 1.83. The molecule has 1 aliphatic rings. The summed E-state index contributed by atoms with van der Waals surface area (Å²) >= 11 is 0. The molecule has 78 valence electrons. The Balaban J connectivity index is 2.02. The lowest BCUT2D eigenvalue weighted by molar-refractivity contribution is 0.120. The molecule has 1 N–H and O–H groups in total. The van der Waals surface area contributed by atoms with E-state index in [4.69, 9.17) is 0 Å². The lowest BCUT2D eigenvalue weighted by atomic mass is 9.75. The minimum absolute atomic E-state index is 0.568. The third kappa shape index (κ3) is 1.69. The van der Waals surface area contributed by atoms with E-state index >= 15 is 0 Å². The first kappa shape index (κ1) is 9.71. The first-order valence-corrected chi connectivity index (χ1v) is 5.42. The molecule has 1 saturated carbocycles. The fraction of sp³-hybridized carbons (Fsp3) is 0.727. The van der Waals surface area contributed by atoms with Crippen molar-refractivity contribution in [1.82, 2.24) is 14.9 Å². The summed E-state index contributed by atoms with van der Waals surface area (Å²) in [4.78, 5) is 4.11. The summed E-state index contributed by atoms with van der Waals surface area (Å²) in [5.74, 6) is 0.764. The minimum Gasteiger partial charge on any atom is -0.333 e. The van der Waals surface area contributed by atoms with Crippen LogP contribution in [-0.2, 0) is 0 Å². The van der Waals surface area contributed by atoms with Crippen LogP contribution < -0.4 is 5.32 Å². The van der Waals surface area contributed by atoms with E-state index in [1.165, 1.54) is 6.42 Å². The Morgan fingerprint density at radius 1 is 1.50 bits per heavy atom. The Morgan fingerprint density at radius 2 is 2.29 bits per heavy atom. The van der Waals surface area contributed by atoms with Crippen LogP contribution in [0, 0.1) is 5.92 Å². The van der Waals surface area contributed by atoms with Crippen molar-refractivity contribution < 1.29 is 0 Å². The topological polar surface area (TPSA) is 29.9 Å². The molecule has 1 fully saturated rings. The monoisotopic (exact) mass is 193 g/mol. The van der Waals surface area contributed by atoms with Crippen LogP contribution in [0.1, 0.15) is 33.2 Å². The van der Waals surface area contributed by atoms with Crippen molar-refractivity contribution in [3.05, 3.63) is 18.7 Å². The summed E-state index contributed by atoms with van der Waals surface area (Å²) in [7, 11) is 0. The van der Waals surface area contributed by atoms with E-state index in [0.717, 1.165) is 5.92 Å². The van der Waals surface area contributed by atoms with Crippen LogP contribution in [0.3, 0.4) is 0 Å². The van der Waals surface area contributed by atoms with Gasteiger partial charge in [0.15, 0.2) is 0 Å². The fourth-order valence-electron chi connectivity index (χ4n) is 2.42. The van der Waals surface area contributed by atoms with Gasteiger partial charge in [0.2, 0.25) is 0 Å². The van der Waals surface area contributed by atoms with Gasteiger partial charge in [0.1, 0.15) is 0 Å². The molecule has 0 spiro atoms. The molecule has 0 aliphatic heterocycles. The first-order chi connectivity index (χ1) is 6.68. The van der Waals surface area contributed by atoms with Gasteiger partial charge in [-0.15, -0.1) is 0 Å². The zero-order valence-electron chi connectivity index (χ0n) is 9.14. The highest BCUT2D eigenvalue weighted by molar-refractivity contribution is 4.99. The summed E-state index contributed by atoms with van der Waals surface area (Å²) in [5, 5.41) is 3.60. The number of rotatable bonds is 3. The van der Waals surface area contributed by atoms with Gasteiger partial charge in [-0.3, -0.25) is 0 Å². The van der Waals surface area contributed by atoms with Crippen LogP contribution in [0.4, 0.5) is 0 Å². The molecule has 1 aliphatic carbocycles. The molecule has 14 heavy (non-hydrogen) atoms. The van der Waals surface area contributed by atoms with Gasteiger partial charge in [-0.1, -0.05) is 20.8 Å². The number of hydrogen-bond acceptors (Lipinski definition) is 2. The standard InChI is InChI=1S/C11H19N3/c1-8(2)13-10-6-9(3)11(10)14-5-4-12-7-14/h4-5,7-11,13H,6H2,1-3H3/t9-,10-,11-/m1/s1. The lowest BCUT2D eigenvalue weighted by Crippen LogP contribution is -2.52. The number of aromatic nitrogens is 2. The molecule has 0 aromatic carbocycles. The molecule has 0 radical (unpaired) electrons. The van der Waals surface area contributed by atoms with E-state index in [2.05, 4.69) is 41.8 Å². The highest BCUT2D eigenvalue weighted by atomic mass is 15.1. The maximum absolute atomic E-state index is 4.11. The summed E-state index contributed by atoms with van der Waals surface area (Å²) in [5.41, 5.74) is 0. The van der Waals surface area contributed by atoms with Crippen molar-refractivity contribution in [2.45, 2.75) is 45.3 Å². The molecule has 1 aromatic heterocycles. The average molecular weight is 193 g/mol. The minimum atomic E-state index is 0.568. The summed E-state index contributed by atoms with van der Waals surface area (Å²) < 4.78 is 2.23. The smallest absolute Gasteiger partial charge is 0.0949 e. The Hall–Kier alpha value is -0.830. The van der Waals surface area contributed by atoms with Crippen LogP contribution in [-0.4, -0.2) is 21.6 Å². The highest BCUT2D eigenvalue weighted by Crippen LogP contribution is 2.38. The summed E-state index contributed by atoms with van der Waals surface area (Å²) in [6.45, 7) is 6.71. The SMILES string of the molecule is CC(C)N[C@@H]1C[C@@H](C)[C@H]1n1ccnc1. The van der Waals surface area contributed by atoms with Crippen molar-refractivity contribution in [1.29, 1.82) is 0 Å². The van der Waals surface area contributed by atoms with Gasteiger partial charge in [-0.2, -0.15) is 0 Å². The van der Waals surface area contributed by atoms with E-state index < -0.39 is 0 Å². The molecule has 0 unspecified atom stereocenters. The molecular formula is C11H19N3. The number of nitrogens with one attached hydrogen (secondary N) is 1. The predicted molar refractivity (Wildman–Crippen MR) is 57.1 cm³/mol. The number of nitrogens with zero attached hydrogens (tertiary/aromatic N) is 2. The number of imidazole rings is 1. The van der Waals surface area contributed by atoms with E-state index in [-0.39, 0.29) is 0 Å². The maximum Gasteiger partial charge on any atom is 0.0949 e. The molecule has 3 nitrogen and oxygen atoms in total. The van der Waals surface area contributed by atoms with Crippen LogP contribution in [0.25, 0.3) is 0 Å². The van der Waals surface area contributed by atoms with E-state index in [1.54, 1.807) is 0 Å². The fourth-order valence-corrected chi connectivity index (χ4v) is 2.42. The van der Waals surface area contributed by atoms with Gasteiger partial charge in [0, 0.05) is 24.5 Å². The molecule has 1 heterocycles. The van der Waals surface area contributed by atoms with Gasteiger partial charge in [-0.25, -0.2) is 4.98 Å². The van der Waals surface area contributed by atoms with Gasteiger partial charge in [0.05, 0.1) is 12.4 Å². The zero-order valence-corrected chi connectivity index (χ0v) is 9.14. The Bertz CT molecular complexity index is 279. The van der Waals surface area contributed by atoms with Gasteiger partial charge in [-0.05, 0) is 12.3 Å². The van der Waals surface area contributed by atoms with Crippen LogP contribution in [0.15, 0.2) is 18.7 Å². The Kier molecular flexibility index (Phi) is 2.59. The molecule has 0 bridgehead atoms. The molecule has 0 saturated heterocycles. The normalized spacial score (nSPS) is 31.9. The Morgan fingerprint density at radius 3 is 2.79 bits per heavy atom. The van der Waals surface area contributed by atoms with Crippen molar-refractivity contribution in [2.75, 3.05) is 0 Å². The lowest BCUT2D eigenvalue weighted by Gasteiger charge is -2.45. The third-order valence-corrected chi connectivity index (χ3v) is 3.04. The molecular weight excluding hydrogens is 174 g/mol. The largest absolute Gasteiger partial charge is 0.333 e. The van der Waals surface area contributed by atoms with Crippen molar-refractivity contribution in [3.63, 3.8) is 0 Å². The van der Waals surface area contributed by atoms with E-state index in [9.17, 15) is 0 Å². The van der Waals surface area contributed by atoms with Crippen molar-refractivity contribution >= 4 is 0 Å². The zero-order chi connectivity index (χ0) is 10.1. The molecule has 3 heteroatoms. The second kappa shape index (κ2) is 3.73. The molecule has 1 aromatic rings. The maximum atomic E-state index is 4.11. The van der Waals surface area contributed by atoms with Crippen molar-refractivity contribution in [3.8, 4) is 0 Å². The summed E-state index contributed by atoms with van der Waals surface area (Å²) in [6, 6.07) is 1.79. The number of hydrogen-bond donors (Lipinski definition) is 1. The second-order valence-electron chi connectivity index (χ2n) is 4.64. The van der Waals surface area contributed by atoms with E-state index in [0.29, 0.717) is 18.1 Å². The third-order valence-electron chi connectivity index (χ3n) is 3.04. The highest BCUT2D eigenvalue weighted by Gasteiger charge is 2.38. The Labute approximate surface area is 85.5 Å². The van der Waals surface area contributed by atoms with Gasteiger partial charge >= 0.3 is 0 Å². The molecule has 2 rings (SSSR count). The second-order valence-corrected chi connectivity index (χ2v) is 4.64. The quantitative estimate of drug-likeness (QED) is 0.793. The van der Waals surface area contributed by atoms with Crippen LogP contribution in [0.2, 0.25) is 0 Å². The van der Waals surface area contributed by atoms with E-state index in [1.807, 2.05) is 12.5 Å². The summed E-state index contributed by atoms with van der Waals surface area (Å²) in [6.07, 6.45) is 7.13. The molecule has 0 amide bonds. The average Bonchev–Trinajstić information content (AvgIpc) is 2.55. The molecule has 3 atom stereocenters. The van der Waals surface area contributed by atoms with Crippen LogP contribution in [0.5, 0.6) is 0 Å².